The van der Waals surface area contributed by atoms with Crippen molar-refractivity contribution in [2.75, 3.05) is 33.3 Å². The zero-order chi connectivity index (χ0) is 21.7. The van der Waals surface area contributed by atoms with Crippen LogP contribution in [0.2, 0.25) is 0 Å². The van der Waals surface area contributed by atoms with E-state index in [1.807, 2.05) is 0 Å². The third-order valence-corrected chi connectivity index (χ3v) is 5.77. The molecule has 0 aliphatic carbocycles. The van der Waals surface area contributed by atoms with Gasteiger partial charge in [0.25, 0.3) is 5.91 Å². The highest BCUT2D eigenvalue weighted by Gasteiger charge is 2.36. The predicted octanol–water partition coefficient (Wildman–Crippen LogP) is 0.109. The van der Waals surface area contributed by atoms with Crippen molar-refractivity contribution < 1.29 is 32.9 Å². The topological polar surface area (TPSA) is 64.3 Å². The summed E-state index contributed by atoms with van der Waals surface area (Å²) in [5.41, 5.74) is 1.91. The first-order valence-electron chi connectivity index (χ1n) is 9.98. The Labute approximate surface area is 174 Å². The molecule has 1 atom stereocenters. The fourth-order valence-electron chi connectivity index (χ4n) is 4.03. The van der Waals surface area contributed by atoms with Crippen LogP contribution in [0.25, 0.3) is 0 Å². The molecular weight excluding hydrogens is 392 g/mol. The lowest BCUT2D eigenvalue weighted by Gasteiger charge is -2.36. The smallest absolute Gasteiger partial charge is 0.413 e. The first-order chi connectivity index (χ1) is 14.4. The Kier molecular flexibility index (Phi) is 7.12. The second-order valence-corrected chi connectivity index (χ2v) is 7.56. The summed E-state index contributed by atoms with van der Waals surface area (Å²) in [6, 6.07) is 12.4. The third kappa shape index (κ3) is 5.20. The number of halogens is 2. The number of alkyl carbamates (subject to hydrolysis) is 1. The van der Waals surface area contributed by atoms with Crippen LogP contribution < -0.4 is 15.1 Å². The van der Waals surface area contributed by atoms with Crippen LogP contribution in [-0.4, -0.2) is 51.3 Å². The normalized spacial score (nSPS) is 19.9. The molecule has 6 nitrogen and oxygen atoms in total. The Morgan fingerprint density at radius 2 is 1.30 bits per heavy atom. The summed E-state index contributed by atoms with van der Waals surface area (Å²) < 4.78 is 31.4. The summed E-state index contributed by atoms with van der Waals surface area (Å²) in [6.07, 6.45) is -0.761. The number of carbonyl (C=O) groups is 2. The number of nitrogens with one attached hydrogen (secondary N) is 3. The molecule has 0 saturated carbocycles. The molecule has 1 aliphatic heterocycles. The minimum absolute atomic E-state index is 0.0630. The van der Waals surface area contributed by atoms with Gasteiger partial charge in [-0.3, -0.25) is 10.1 Å². The van der Waals surface area contributed by atoms with Crippen LogP contribution in [-0.2, 0) is 9.53 Å². The van der Waals surface area contributed by atoms with Crippen LogP contribution in [0.5, 0.6) is 0 Å². The average molecular weight is 419 g/mol. The Hall–Kier alpha value is -2.84. The van der Waals surface area contributed by atoms with E-state index in [2.05, 4.69) is 10.1 Å². The van der Waals surface area contributed by atoms with Gasteiger partial charge in [-0.25, -0.2) is 13.6 Å². The Morgan fingerprint density at radius 3 is 1.73 bits per heavy atom. The van der Waals surface area contributed by atoms with Crippen molar-refractivity contribution in [3.8, 4) is 0 Å². The molecule has 0 spiro atoms. The molecule has 2 aromatic carbocycles. The number of benzene rings is 2. The van der Waals surface area contributed by atoms with E-state index in [4.69, 9.17) is 0 Å². The number of ether oxygens (including phenoxy) is 1. The molecule has 0 aromatic heterocycles. The van der Waals surface area contributed by atoms with Crippen LogP contribution in [0.15, 0.2) is 48.5 Å². The molecule has 2 aromatic rings. The van der Waals surface area contributed by atoms with Crippen molar-refractivity contribution >= 4 is 12.0 Å². The summed E-state index contributed by atoms with van der Waals surface area (Å²) in [5.74, 6) is -0.966. The molecule has 0 radical (unpaired) electrons. The van der Waals surface area contributed by atoms with Gasteiger partial charge < -0.3 is 14.5 Å². The van der Waals surface area contributed by atoms with E-state index in [0.717, 1.165) is 42.2 Å². The van der Waals surface area contributed by atoms with Gasteiger partial charge in [-0.15, -0.1) is 0 Å². The zero-order valence-electron chi connectivity index (χ0n) is 17.1. The summed E-state index contributed by atoms with van der Waals surface area (Å²) in [4.78, 5) is 25.9. The minimum Gasteiger partial charge on any atom is -0.453 e. The van der Waals surface area contributed by atoms with E-state index in [-0.39, 0.29) is 29.6 Å². The molecule has 160 valence electrons. The van der Waals surface area contributed by atoms with Crippen LogP contribution >= 0.6 is 0 Å². The van der Waals surface area contributed by atoms with Gasteiger partial charge in [-0.2, -0.15) is 0 Å². The van der Waals surface area contributed by atoms with Crippen molar-refractivity contribution in [1.82, 2.24) is 5.32 Å². The number of carbonyl (C=O) groups excluding carboxylic acids is 2. The van der Waals surface area contributed by atoms with E-state index in [9.17, 15) is 18.4 Å². The lowest BCUT2D eigenvalue weighted by atomic mass is 9.96. The lowest BCUT2D eigenvalue weighted by molar-refractivity contribution is -1.03. The molecule has 1 saturated heterocycles. The van der Waals surface area contributed by atoms with Crippen molar-refractivity contribution in [3.05, 3.63) is 71.3 Å². The van der Waals surface area contributed by atoms with E-state index in [1.54, 1.807) is 31.2 Å². The first-order valence-corrected chi connectivity index (χ1v) is 9.98. The summed E-state index contributed by atoms with van der Waals surface area (Å²) in [7, 11) is 1.22. The van der Waals surface area contributed by atoms with Crippen molar-refractivity contribution in [2.24, 2.45) is 0 Å². The molecule has 0 unspecified atom stereocenters. The van der Waals surface area contributed by atoms with Crippen molar-refractivity contribution in [3.63, 3.8) is 0 Å². The van der Waals surface area contributed by atoms with Crippen molar-refractivity contribution in [1.29, 1.82) is 0 Å². The molecule has 3 rings (SSSR count). The fraction of sp³-hybridized carbons (Fsp3) is 0.364. The average Bonchev–Trinajstić information content (AvgIpc) is 2.76. The van der Waals surface area contributed by atoms with Crippen LogP contribution in [0.4, 0.5) is 13.6 Å². The molecule has 1 fully saturated rings. The predicted molar refractivity (Wildman–Crippen MR) is 106 cm³/mol. The standard InChI is InChI=1S/C22H25F2N3O3/c1-15(21(28)25-22(29)30-2)26-11-13-27(14-12-26)20(16-3-7-18(23)8-4-16)17-5-9-19(24)10-6-17/h3-10,15,20H,11-14H2,1-2H3,(H,25,28,29)/p+2/t15-/m0/s1. The highest BCUT2D eigenvalue weighted by molar-refractivity contribution is 5.93. The third-order valence-electron chi connectivity index (χ3n) is 5.77. The molecule has 30 heavy (non-hydrogen) atoms. The summed E-state index contributed by atoms with van der Waals surface area (Å²) in [5, 5.41) is 2.22. The van der Waals surface area contributed by atoms with Crippen LogP contribution in [0.3, 0.4) is 0 Å². The SMILES string of the molecule is COC(=O)NC(=O)[C@H](C)[NH+]1CC[NH+](C(c2ccc(F)cc2)c2ccc(F)cc2)CC1. The van der Waals surface area contributed by atoms with Gasteiger partial charge in [-0.05, 0) is 55.5 Å². The van der Waals surface area contributed by atoms with Gasteiger partial charge in [-0.1, -0.05) is 0 Å². The number of piperazine rings is 1. The summed E-state index contributed by atoms with van der Waals surface area (Å²) in [6.45, 7) is 4.78. The van der Waals surface area contributed by atoms with E-state index >= 15 is 0 Å². The number of amides is 2. The number of imide groups is 1. The zero-order valence-corrected chi connectivity index (χ0v) is 17.1. The fourth-order valence-corrected chi connectivity index (χ4v) is 4.03. The first kappa shape index (κ1) is 21.9. The van der Waals surface area contributed by atoms with E-state index in [1.165, 1.54) is 36.3 Å². The number of hydrogen-bond acceptors (Lipinski definition) is 3. The molecule has 1 aliphatic rings. The van der Waals surface area contributed by atoms with E-state index < -0.39 is 6.09 Å². The molecule has 3 N–H and O–H groups in total. The Balaban J connectivity index is 1.73. The molecule has 0 bridgehead atoms. The second kappa shape index (κ2) is 9.77. The Bertz CT molecular complexity index is 821. The quantitative estimate of drug-likeness (QED) is 0.645. The lowest BCUT2D eigenvalue weighted by Crippen LogP contribution is -3.30. The van der Waals surface area contributed by atoms with Gasteiger partial charge in [0.1, 0.15) is 43.9 Å². The number of hydrogen-bond donors (Lipinski definition) is 3. The molecular formula is C22H27F2N3O3+2. The molecule has 2 amide bonds. The molecule has 8 heteroatoms. The maximum Gasteiger partial charge on any atom is 0.413 e. The van der Waals surface area contributed by atoms with Crippen LogP contribution in [0, 0.1) is 11.6 Å². The maximum atomic E-state index is 13.4. The largest absolute Gasteiger partial charge is 0.453 e. The minimum atomic E-state index is -0.761. The van der Waals surface area contributed by atoms with Crippen LogP contribution in [0.1, 0.15) is 24.1 Å². The Morgan fingerprint density at radius 1 is 0.867 bits per heavy atom. The highest BCUT2D eigenvalue weighted by Crippen LogP contribution is 2.20. The van der Waals surface area contributed by atoms with Gasteiger partial charge in [0.05, 0.1) is 7.11 Å². The number of rotatable bonds is 5. The van der Waals surface area contributed by atoms with Gasteiger partial charge in [0.15, 0.2) is 6.04 Å². The second-order valence-electron chi connectivity index (χ2n) is 7.56. The van der Waals surface area contributed by atoms with Gasteiger partial charge in [0, 0.05) is 11.1 Å². The number of quaternary nitrogens is 2. The molecule has 1 heterocycles. The monoisotopic (exact) mass is 419 g/mol. The maximum absolute atomic E-state index is 13.4. The van der Waals surface area contributed by atoms with Crippen molar-refractivity contribution in [2.45, 2.75) is 19.0 Å². The van der Waals surface area contributed by atoms with Gasteiger partial charge >= 0.3 is 6.09 Å². The number of methoxy groups -OCH3 is 1. The highest BCUT2D eigenvalue weighted by atomic mass is 19.1. The van der Waals surface area contributed by atoms with E-state index in [0.29, 0.717) is 0 Å². The summed E-state index contributed by atoms with van der Waals surface area (Å²) >= 11 is 0. The van der Waals surface area contributed by atoms with Gasteiger partial charge in [0.2, 0.25) is 0 Å².